The van der Waals surface area contributed by atoms with Crippen LogP contribution >= 0.6 is 0 Å². The van der Waals surface area contributed by atoms with Crippen molar-refractivity contribution in [2.75, 3.05) is 0 Å². The third-order valence-electron chi connectivity index (χ3n) is 4.86. The zero-order valence-electron chi connectivity index (χ0n) is 12.7. The van der Waals surface area contributed by atoms with Crippen molar-refractivity contribution >= 4 is 5.97 Å². The van der Waals surface area contributed by atoms with E-state index in [2.05, 4.69) is 41.5 Å². The molecule has 0 amide bonds. The fourth-order valence-corrected chi connectivity index (χ4v) is 2.79. The van der Waals surface area contributed by atoms with Crippen molar-refractivity contribution in [2.45, 2.75) is 54.1 Å². The van der Waals surface area contributed by atoms with Crippen LogP contribution in [0.3, 0.4) is 0 Å². The molecule has 1 aliphatic rings. The summed E-state index contributed by atoms with van der Waals surface area (Å²) in [7, 11) is 0. The minimum absolute atomic E-state index is 0.0143. The van der Waals surface area contributed by atoms with Crippen molar-refractivity contribution < 1.29 is 13.9 Å². The Balaban J connectivity index is 1.91. The van der Waals surface area contributed by atoms with E-state index in [1.807, 2.05) is 12.1 Å². The third kappa shape index (κ3) is 2.31. The van der Waals surface area contributed by atoms with Crippen LogP contribution in [0.5, 0.6) is 0 Å². The molecular weight excluding hydrogens is 240 g/mol. The second-order valence-corrected chi connectivity index (χ2v) is 6.94. The van der Waals surface area contributed by atoms with Gasteiger partial charge in [0.1, 0.15) is 18.1 Å². The predicted octanol–water partition coefficient (Wildman–Crippen LogP) is 4.13. The van der Waals surface area contributed by atoms with Crippen LogP contribution in [0.25, 0.3) is 0 Å². The number of furan rings is 1. The highest BCUT2D eigenvalue weighted by molar-refractivity contribution is 5.78. The summed E-state index contributed by atoms with van der Waals surface area (Å²) in [5.41, 5.74) is 0.0483. The van der Waals surface area contributed by atoms with Crippen molar-refractivity contribution in [3.8, 4) is 0 Å². The number of hydrogen-bond donors (Lipinski definition) is 0. The van der Waals surface area contributed by atoms with Crippen molar-refractivity contribution in [1.29, 1.82) is 0 Å². The summed E-state index contributed by atoms with van der Waals surface area (Å²) < 4.78 is 11.0. The first-order valence-corrected chi connectivity index (χ1v) is 6.93. The Morgan fingerprint density at radius 2 is 1.84 bits per heavy atom. The molecule has 0 unspecified atom stereocenters. The van der Waals surface area contributed by atoms with Gasteiger partial charge in [-0.3, -0.25) is 4.79 Å². The largest absolute Gasteiger partial charge is 0.462 e. The van der Waals surface area contributed by atoms with Gasteiger partial charge in [-0.1, -0.05) is 41.5 Å². The molecule has 0 aromatic carbocycles. The molecule has 1 aliphatic carbocycles. The topological polar surface area (TPSA) is 39.4 Å². The van der Waals surface area contributed by atoms with Gasteiger partial charge in [-0.2, -0.15) is 0 Å². The molecule has 2 rings (SSSR count). The Bertz CT molecular complexity index is 466. The molecule has 1 aromatic heterocycles. The molecule has 0 bridgehead atoms. The van der Waals surface area contributed by atoms with Crippen LogP contribution in [-0.4, -0.2) is 5.97 Å². The molecule has 1 fully saturated rings. The summed E-state index contributed by atoms with van der Waals surface area (Å²) in [4.78, 5) is 12.1. The summed E-state index contributed by atoms with van der Waals surface area (Å²) in [6, 6.07) is 3.82. The predicted molar refractivity (Wildman–Crippen MR) is 73.6 cm³/mol. The van der Waals surface area contributed by atoms with Crippen molar-refractivity contribution in [2.24, 2.45) is 16.7 Å². The minimum Gasteiger partial charge on any atom is -0.462 e. The van der Waals surface area contributed by atoms with Crippen LogP contribution in [0.2, 0.25) is 0 Å². The van der Waals surface area contributed by atoms with E-state index >= 15 is 0 Å². The summed E-state index contributed by atoms with van der Waals surface area (Å²) in [5.74, 6) is 1.87. The molecule has 19 heavy (non-hydrogen) atoms. The highest BCUT2D eigenvalue weighted by atomic mass is 16.5. The van der Waals surface area contributed by atoms with Gasteiger partial charge in [0.25, 0.3) is 0 Å². The van der Waals surface area contributed by atoms with E-state index < -0.39 is 0 Å². The highest BCUT2D eigenvalue weighted by Gasteiger charge is 2.69. The van der Waals surface area contributed by atoms with Gasteiger partial charge >= 0.3 is 5.97 Å². The van der Waals surface area contributed by atoms with Gasteiger partial charge in [-0.05, 0) is 23.0 Å². The van der Waals surface area contributed by atoms with Crippen molar-refractivity contribution in [1.82, 2.24) is 0 Å². The molecule has 0 radical (unpaired) electrons. The molecule has 3 nitrogen and oxygen atoms in total. The van der Waals surface area contributed by atoms with Gasteiger partial charge in [0.15, 0.2) is 0 Å². The van der Waals surface area contributed by atoms with Gasteiger partial charge in [0.2, 0.25) is 0 Å². The van der Waals surface area contributed by atoms with Crippen LogP contribution in [0.1, 0.15) is 59.0 Å². The summed E-state index contributed by atoms with van der Waals surface area (Å²) in [6.45, 7) is 12.8. The number of ether oxygens (including phenoxy) is 1. The number of rotatable bonds is 4. The average molecular weight is 264 g/mol. The van der Waals surface area contributed by atoms with E-state index in [4.69, 9.17) is 9.15 Å². The first kappa shape index (κ1) is 14.2. The second-order valence-electron chi connectivity index (χ2n) is 6.94. The maximum atomic E-state index is 12.1. The van der Waals surface area contributed by atoms with Gasteiger partial charge in [0, 0.05) is 5.92 Å². The molecular formula is C16H24O3. The monoisotopic (exact) mass is 264 g/mol. The maximum absolute atomic E-state index is 12.1. The van der Waals surface area contributed by atoms with Crippen LogP contribution in [-0.2, 0) is 16.1 Å². The quantitative estimate of drug-likeness (QED) is 0.768. The molecule has 0 aliphatic heterocycles. The van der Waals surface area contributed by atoms with Crippen molar-refractivity contribution in [3.05, 3.63) is 23.7 Å². The lowest BCUT2D eigenvalue weighted by Gasteiger charge is -2.04. The molecule has 1 heterocycles. The summed E-state index contributed by atoms with van der Waals surface area (Å²) in [5, 5.41) is 0. The number of carbonyl (C=O) groups excluding carboxylic acids is 1. The normalized spacial score (nSPS) is 20.6. The lowest BCUT2D eigenvalue weighted by Crippen LogP contribution is -2.11. The van der Waals surface area contributed by atoms with Gasteiger partial charge in [0.05, 0.1) is 5.92 Å². The van der Waals surface area contributed by atoms with Crippen LogP contribution < -0.4 is 0 Å². The Hall–Kier alpha value is -1.25. The Morgan fingerprint density at radius 1 is 1.26 bits per heavy atom. The van der Waals surface area contributed by atoms with E-state index in [0.717, 1.165) is 5.76 Å². The molecule has 0 N–H and O–H groups in total. The van der Waals surface area contributed by atoms with Gasteiger partial charge in [-0.15, -0.1) is 0 Å². The van der Waals surface area contributed by atoms with E-state index in [0.29, 0.717) is 11.7 Å². The zero-order valence-corrected chi connectivity index (χ0v) is 12.7. The lowest BCUT2D eigenvalue weighted by molar-refractivity contribution is -0.148. The lowest BCUT2D eigenvalue weighted by atomic mass is 10.0. The van der Waals surface area contributed by atoms with E-state index in [-0.39, 0.29) is 29.3 Å². The molecule has 1 saturated carbocycles. The molecule has 1 aromatic rings. The van der Waals surface area contributed by atoms with Crippen LogP contribution in [0, 0.1) is 16.7 Å². The fraction of sp³-hybridized carbons (Fsp3) is 0.688. The highest BCUT2D eigenvalue weighted by Crippen LogP contribution is 2.68. The fourth-order valence-electron chi connectivity index (χ4n) is 2.79. The van der Waals surface area contributed by atoms with E-state index in [1.165, 1.54) is 0 Å². The third-order valence-corrected chi connectivity index (χ3v) is 4.86. The van der Waals surface area contributed by atoms with Gasteiger partial charge in [-0.25, -0.2) is 0 Å². The standard InChI is InChI=1S/C16H24O3/c1-10(2)12-8-7-11(19-12)9-18-14(17)13-15(3,4)16(13,5)6/h7-8,10,13H,9H2,1-6H3. The molecule has 0 spiro atoms. The Morgan fingerprint density at radius 3 is 2.26 bits per heavy atom. The van der Waals surface area contributed by atoms with Crippen LogP contribution in [0.15, 0.2) is 16.5 Å². The van der Waals surface area contributed by atoms with E-state index in [1.54, 1.807) is 0 Å². The molecule has 0 saturated heterocycles. The summed E-state index contributed by atoms with van der Waals surface area (Å²) in [6.07, 6.45) is 0. The van der Waals surface area contributed by atoms with E-state index in [9.17, 15) is 4.79 Å². The van der Waals surface area contributed by atoms with Gasteiger partial charge < -0.3 is 9.15 Å². The second kappa shape index (κ2) is 4.39. The molecule has 106 valence electrons. The average Bonchev–Trinajstić information content (AvgIpc) is 2.69. The molecule has 0 atom stereocenters. The SMILES string of the molecule is CC(C)c1ccc(COC(=O)C2C(C)(C)C2(C)C)o1. The first-order chi connectivity index (χ1) is 8.68. The number of carbonyl (C=O) groups is 1. The number of esters is 1. The summed E-state index contributed by atoms with van der Waals surface area (Å²) >= 11 is 0. The number of hydrogen-bond acceptors (Lipinski definition) is 3. The Labute approximate surface area is 115 Å². The maximum Gasteiger partial charge on any atom is 0.310 e. The minimum atomic E-state index is -0.113. The van der Waals surface area contributed by atoms with Crippen LogP contribution in [0.4, 0.5) is 0 Å². The zero-order chi connectivity index (χ0) is 14.4. The Kier molecular flexibility index (Phi) is 3.28. The smallest absolute Gasteiger partial charge is 0.310 e. The first-order valence-electron chi connectivity index (χ1n) is 6.93. The van der Waals surface area contributed by atoms with Crippen molar-refractivity contribution in [3.63, 3.8) is 0 Å². The molecule has 3 heteroatoms.